The lowest BCUT2D eigenvalue weighted by atomic mass is 9.73. The van der Waals surface area contributed by atoms with Crippen LogP contribution in [0.15, 0.2) is 95.6 Å². The van der Waals surface area contributed by atoms with Crippen molar-refractivity contribution in [3.05, 3.63) is 123 Å². The monoisotopic (exact) mass is 500 g/mol. The fourth-order valence-electron chi connectivity index (χ4n) is 4.81. The van der Waals surface area contributed by atoms with Crippen LogP contribution in [0.1, 0.15) is 41.4 Å². The van der Waals surface area contributed by atoms with E-state index >= 15 is 0 Å². The van der Waals surface area contributed by atoms with E-state index in [9.17, 15) is 14.4 Å². The molecule has 0 bridgehead atoms. The Morgan fingerprint density at radius 1 is 1.06 bits per heavy atom. The number of carbonyl (C=O) groups is 1. The molecular formula is C29H22ClFN2O3. The Hall–Kier alpha value is -4.08. The molecule has 3 aromatic carbocycles. The lowest BCUT2D eigenvalue weighted by Gasteiger charge is -2.34. The van der Waals surface area contributed by atoms with Crippen LogP contribution in [-0.2, 0) is 16.1 Å². The molecule has 1 aliphatic heterocycles. The van der Waals surface area contributed by atoms with E-state index in [2.05, 4.69) is 6.07 Å². The molecule has 36 heavy (non-hydrogen) atoms. The number of nitriles is 1. The number of halogens is 2. The number of nitrogens with two attached hydrogens (primary N) is 1. The van der Waals surface area contributed by atoms with Gasteiger partial charge < -0.3 is 15.2 Å². The van der Waals surface area contributed by atoms with Gasteiger partial charge in [-0.05, 0) is 41.3 Å². The molecule has 5 rings (SSSR count). The van der Waals surface area contributed by atoms with E-state index in [4.69, 9.17) is 26.8 Å². The second-order valence-electron chi connectivity index (χ2n) is 8.76. The molecule has 0 radical (unpaired) electrons. The summed E-state index contributed by atoms with van der Waals surface area (Å²) in [6, 6.07) is 23.4. The Balaban J connectivity index is 1.48. The zero-order valence-corrected chi connectivity index (χ0v) is 20.0. The summed E-state index contributed by atoms with van der Waals surface area (Å²) < 4.78 is 25.8. The first-order valence-electron chi connectivity index (χ1n) is 11.5. The highest BCUT2D eigenvalue weighted by molar-refractivity contribution is 6.31. The van der Waals surface area contributed by atoms with Crippen LogP contribution in [0.5, 0.6) is 5.75 Å². The Labute approximate surface area is 213 Å². The number of allylic oxidation sites excluding steroid dienone is 3. The van der Waals surface area contributed by atoms with E-state index in [0.717, 1.165) is 5.56 Å². The average Bonchev–Trinajstić information content (AvgIpc) is 2.88. The van der Waals surface area contributed by atoms with Crippen LogP contribution in [0.4, 0.5) is 4.39 Å². The third-order valence-corrected chi connectivity index (χ3v) is 6.92. The molecule has 0 amide bonds. The molecule has 0 saturated heterocycles. The van der Waals surface area contributed by atoms with Gasteiger partial charge in [-0.25, -0.2) is 4.39 Å². The summed E-state index contributed by atoms with van der Waals surface area (Å²) in [7, 11) is 0. The van der Waals surface area contributed by atoms with Crippen molar-refractivity contribution in [2.45, 2.75) is 31.3 Å². The average molecular weight is 501 g/mol. The number of nitrogens with zero attached hydrogens (tertiary/aromatic N) is 1. The van der Waals surface area contributed by atoms with Crippen molar-refractivity contribution >= 4 is 17.4 Å². The van der Waals surface area contributed by atoms with Crippen molar-refractivity contribution in [1.82, 2.24) is 0 Å². The van der Waals surface area contributed by atoms with Gasteiger partial charge in [-0.15, -0.1) is 0 Å². The SMILES string of the molecule is N#CC1=C(N)OC2=C(C(=O)CC(c3ccccc3)C2)C1c1cccc(OCc2c(F)cccc2Cl)c1. The molecule has 7 heteroatoms. The van der Waals surface area contributed by atoms with Gasteiger partial charge in [0.15, 0.2) is 5.78 Å². The van der Waals surface area contributed by atoms with Gasteiger partial charge in [-0.1, -0.05) is 60.1 Å². The maximum absolute atomic E-state index is 14.2. The van der Waals surface area contributed by atoms with E-state index in [1.807, 2.05) is 36.4 Å². The highest BCUT2D eigenvalue weighted by Crippen LogP contribution is 2.47. The van der Waals surface area contributed by atoms with Crippen LogP contribution in [0.2, 0.25) is 5.02 Å². The highest BCUT2D eigenvalue weighted by Gasteiger charge is 2.41. The van der Waals surface area contributed by atoms with Crippen molar-refractivity contribution < 1.29 is 18.7 Å². The summed E-state index contributed by atoms with van der Waals surface area (Å²) in [4.78, 5) is 13.4. The summed E-state index contributed by atoms with van der Waals surface area (Å²) in [6.07, 6.45) is 0.812. The fraction of sp³-hybridized carbons (Fsp3) is 0.172. The highest BCUT2D eigenvalue weighted by atomic mass is 35.5. The number of hydrogen-bond donors (Lipinski definition) is 1. The molecule has 2 atom stereocenters. The van der Waals surface area contributed by atoms with Crippen molar-refractivity contribution in [3.63, 3.8) is 0 Å². The van der Waals surface area contributed by atoms with Gasteiger partial charge in [0, 0.05) is 24.0 Å². The molecule has 0 fully saturated rings. The molecule has 0 aromatic heterocycles. The molecule has 5 nitrogen and oxygen atoms in total. The Morgan fingerprint density at radius 3 is 2.56 bits per heavy atom. The molecular weight excluding hydrogens is 479 g/mol. The molecule has 1 aliphatic carbocycles. The van der Waals surface area contributed by atoms with Crippen LogP contribution in [0.3, 0.4) is 0 Å². The first-order chi connectivity index (χ1) is 17.5. The number of ketones is 1. The smallest absolute Gasteiger partial charge is 0.205 e. The van der Waals surface area contributed by atoms with E-state index in [-0.39, 0.29) is 40.4 Å². The normalized spacial score (nSPS) is 19.4. The Morgan fingerprint density at radius 2 is 1.81 bits per heavy atom. The van der Waals surface area contributed by atoms with Crippen LogP contribution in [0, 0.1) is 17.1 Å². The van der Waals surface area contributed by atoms with Crippen LogP contribution in [0.25, 0.3) is 0 Å². The molecule has 2 aliphatic rings. The number of hydrogen-bond acceptors (Lipinski definition) is 5. The molecule has 0 saturated carbocycles. The number of benzene rings is 3. The number of ether oxygens (including phenoxy) is 2. The summed E-state index contributed by atoms with van der Waals surface area (Å²) in [6.45, 7) is -0.0720. The minimum Gasteiger partial charge on any atom is -0.489 e. The van der Waals surface area contributed by atoms with Crippen LogP contribution in [-0.4, -0.2) is 5.78 Å². The van der Waals surface area contributed by atoms with Gasteiger partial charge in [-0.2, -0.15) is 5.26 Å². The minimum absolute atomic E-state index is 0.00720. The van der Waals surface area contributed by atoms with Gasteiger partial charge in [0.05, 0.1) is 10.9 Å². The zero-order valence-electron chi connectivity index (χ0n) is 19.2. The summed E-state index contributed by atoms with van der Waals surface area (Å²) in [5.74, 6) is -0.320. The molecule has 0 spiro atoms. The van der Waals surface area contributed by atoms with Crippen molar-refractivity contribution in [3.8, 4) is 11.8 Å². The second-order valence-corrected chi connectivity index (χ2v) is 9.17. The van der Waals surface area contributed by atoms with E-state index in [1.54, 1.807) is 24.3 Å². The van der Waals surface area contributed by atoms with E-state index < -0.39 is 11.7 Å². The second kappa shape index (κ2) is 9.88. The van der Waals surface area contributed by atoms with Gasteiger partial charge in [0.1, 0.15) is 35.6 Å². The van der Waals surface area contributed by atoms with E-state index in [0.29, 0.717) is 35.5 Å². The van der Waals surface area contributed by atoms with Gasteiger partial charge in [0.25, 0.3) is 0 Å². The lowest BCUT2D eigenvalue weighted by molar-refractivity contribution is -0.117. The molecule has 180 valence electrons. The maximum atomic E-state index is 14.2. The maximum Gasteiger partial charge on any atom is 0.205 e. The molecule has 2 N–H and O–H groups in total. The third-order valence-electron chi connectivity index (χ3n) is 6.57. The molecule has 3 aromatic rings. The first kappa shape index (κ1) is 23.7. The largest absolute Gasteiger partial charge is 0.489 e. The van der Waals surface area contributed by atoms with Crippen LogP contribution >= 0.6 is 11.6 Å². The topological polar surface area (TPSA) is 85.3 Å². The molecule has 1 heterocycles. The number of carbonyl (C=O) groups excluding carboxylic acids is 1. The van der Waals surface area contributed by atoms with Crippen molar-refractivity contribution in [2.75, 3.05) is 0 Å². The van der Waals surface area contributed by atoms with Gasteiger partial charge >= 0.3 is 0 Å². The lowest BCUT2D eigenvalue weighted by Crippen LogP contribution is -2.29. The standard InChI is InChI=1S/C29H22ClFN2O3/c30-23-10-5-11-24(31)22(23)16-35-20-9-4-8-18(12-20)27-21(15-32)29(33)36-26-14-19(13-25(34)28(26)27)17-6-2-1-3-7-17/h1-12,19,27H,13-14,16,33H2. The Kier molecular flexibility index (Phi) is 6.49. The van der Waals surface area contributed by atoms with Gasteiger partial charge in [0.2, 0.25) is 5.88 Å². The predicted molar refractivity (Wildman–Crippen MR) is 133 cm³/mol. The van der Waals surface area contributed by atoms with E-state index in [1.165, 1.54) is 12.1 Å². The fourth-order valence-corrected chi connectivity index (χ4v) is 5.03. The number of Topliss-reactive ketones (excluding diaryl/α,β-unsaturated/α-hetero) is 1. The molecule has 2 unspecified atom stereocenters. The Bertz CT molecular complexity index is 1420. The number of rotatable bonds is 5. The minimum atomic E-state index is -0.677. The third kappa shape index (κ3) is 4.46. The zero-order chi connectivity index (χ0) is 25.2. The summed E-state index contributed by atoms with van der Waals surface area (Å²) in [5.41, 5.74) is 8.74. The van der Waals surface area contributed by atoms with Crippen molar-refractivity contribution in [2.24, 2.45) is 5.73 Å². The summed E-state index contributed by atoms with van der Waals surface area (Å²) >= 11 is 6.12. The summed E-state index contributed by atoms with van der Waals surface area (Å²) in [5, 5.41) is 10.2. The quantitative estimate of drug-likeness (QED) is 0.446. The van der Waals surface area contributed by atoms with Crippen molar-refractivity contribution in [1.29, 1.82) is 5.26 Å². The van der Waals surface area contributed by atoms with Crippen LogP contribution < -0.4 is 10.5 Å². The first-order valence-corrected chi connectivity index (χ1v) is 11.9. The van der Waals surface area contributed by atoms with Gasteiger partial charge in [-0.3, -0.25) is 4.79 Å². The predicted octanol–water partition coefficient (Wildman–Crippen LogP) is 6.27.